The molecule has 0 aliphatic rings. The number of amides is 2. The van der Waals surface area contributed by atoms with Crippen molar-refractivity contribution in [3.8, 4) is 17.2 Å². The summed E-state index contributed by atoms with van der Waals surface area (Å²) in [6.45, 7) is 11.8. The molecule has 0 saturated carbocycles. The molecule has 0 aromatic heterocycles. The van der Waals surface area contributed by atoms with Crippen LogP contribution < -0.4 is 14.8 Å². The summed E-state index contributed by atoms with van der Waals surface area (Å²) in [6, 6.07) is 17.3. The van der Waals surface area contributed by atoms with Gasteiger partial charge in [-0.3, -0.25) is 14.3 Å². The van der Waals surface area contributed by atoms with Gasteiger partial charge in [-0.25, -0.2) is 4.21 Å². The van der Waals surface area contributed by atoms with E-state index in [1.54, 1.807) is 30.3 Å². The van der Waals surface area contributed by atoms with Gasteiger partial charge in [0.2, 0.25) is 5.91 Å². The van der Waals surface area contributed by atoms with Gasteiger partial charge in [-0.05, 0) is 73.2 Å². The number of aryl methyl sites for hydroxylation is 3. The van der Waals surface area contributed by atoms with Crippen LogP contribution in [0.5, 0.6) is 17.2 Å². The molecule has 3 aromatic rings. The molecule has 0 heterocycles. The standard InChI is InChI=1S/C26H28N2O5S.2C2H6/c1-17-14-19(10-13-24(30)28-34(3,4)32)15-18(2)25(17)33-21-11-12-23(29)22(16-21)26(31)27-20-8-6-5-7-9-20;2*1-2/h5-9,11-12,14-16,29H,3,10,13H2,1-2,4H3,(H,27,31)(H,28,30,32);2*1-2H3. The molecule has 3 aromatic carbocycles. The Labute approximate surface area is 227 Å². The van der Waals surface area contributed by atoms with Crippen LogP contribution in [-0.2, 0) is 20.9 Å². The van der Waals surface area contributed by atoms with E-state index < -0.39 is 15.6 Å². The molecule has 1 unspecified atom stereocenters. The van der Waals surface area contributed by atoms with Gasteiger partial charge in [-0.2, -0.15) is 0 Å². The summed E-state index contributed by atoms with van der Waals surface area (Å²) in [5.41, 5.74) is 3.37. The fourth-order valence-electron chi connectivity index (χ4n) is 3.49. The minimum Gasteiger partial charge on any atom is -0.507 e. The van der Waals surface area contributed by atoms with Crippen LogP contribution in [0.3, 0.4) is 0 Å². The third-order valence-corrected chi connectivity index (χ3v) is 5.61. The molecular formula is C30H40N2O5S. The number of carbonyl (C=O) groups is 2. The third kappa shape index (κ3) is 10.3. The quantitative estimate of drug-likeness (QED) is 0.286. The SMILES string of the molecule is C=S(C)(=O)NC(=O)CCc1cc(C)c(Oc2ccc(O)c(C(=O)Nc3ccccc3)c2)c(C)c1.CC.CC. The van der Waals surface area contributed by atoms with Crippen molar-refractivity contribution in [3.05, 3.63) is 82.9 Å². The number of aromatic hydroxyl groups is 1. The van der Waals surface area contributed by atoms with Gasteiger partial charge in [0.1, 0.15) is 17.2 Å². The Kier molecular flexibility index (Phi) is 13.1. The van der Waals surface area contributed by atoms with Gasteiger partial charge in [0, 0.05) is 28.1 Å². The van der Waals surface area contributed by atoms with Crippen molar-refractivity contribution in [2.45, 2.75) is 54.4 Å². The van der Waals surface area contributed by atoms with Crippen molar-refractivity contribution < 1.29 is 23.6 Å². The highest BCUT2D eigenvalue weighted by Gasteiger charge is 2.15. The van der Waals surface area contributed by atoms with Gasteiger partial charge >= 0.3 is 0 Å². The monoisotopic (exact) mass is 540 g/mol. The molecule has 0 fully saturated rings. The molecule has 0 radical (unpaired) electrons. The van der Waals surface area contributed by atoms with E-state index in [-0.39, 0.29) is 23.6 Å². The Bertz CT molecular complexity index is 1300. The molecule has 1 atom stereocenters. The van der Waals surface area contributed by atoms with Crippen LogP contribution in [0.1, 0.15) is 61.2 Å². The molecular weight excluding hydrogens is 500 g/mol. The lowest BCUT2D eigenvalue weighted by Gasteiger charge is -2.15. The number of rotatable bonds is 8. The zero-order chi connectivity index (χ0) is 28.9. The molecule has 206 valence electrons. The maximum absolute atomic E-state index is 12.7. The fraction of sp³-hybridized carbons (Fsp3) is 0.300. The summed E-state index contributed by atoms with van der Waals surface area (Å²) >= 11 is 0. The number of benzene rings is 3. The van der Waals surface area contributed by atoms with E-state index in [1.165, 1.54) is 18.4 Å². The summed E-state index contributed by atoms with van der Waals surface area (Å²) in [5, 5.41) is 12.9. The maximum Gasteiger partial charge on any atom is 0.259 e. The van der Waals surface area contributed by atoms with Crippen LogP contribution in [0, 0.1) is 13.8 Å². The first-order valence-corrected chi connectivity index (χ1v) is 14.8. The summed E-state index contributed by atoms with van der Waals surface area (Å²) in [6.07, 6.45) is 2.05. The van der Waals surface area contributed by atoms with Gasteiger partial charge in [-0.1, -0.05) is 58.0 Å². The lowest BCUT2D eigenvalue weighted by molar-refractivity contribution is -0.119. The smallest absolute Gasteiger partial charge is 0.259 e. The molecule has 2 amide bonds. The minimum atomic E-state index is -2.58. The number of nitrogens with one attached hydrogen (secondary N) is 2. The molecule has 0 aliphatic heterocycles. The van der Waals surface area contributed by atoms with Gasteiger partial charge < -0.3 is 15.2 Å². The lowest BCUT2D eigenvalue weighted by Crippen LogP contribution is -2.29. The van der Waals surface area contributed by atoms with Gasteiger partial charge in [0.15, 0.2) is 0 Å². The Morgan fingerprint density at radius 3 is 2.08 bits per heavy atom. The van der Waals surface area contributed by atoms with E-state index in [2.05, 4.69) is 15.9 Å². The number of ether oxygens (including phenoxy) is 1. The molecule has 0 bridgehead atoms. The molecule has 38 heavy (non-hydrogen) atoms. The van der Waals surface area contributed by atoms with Crippen LogP contribution in [-0.4, -0.2) is 33.3 Å². The van der Waals surface area contributed by atoms with E-state index >= 15 is 0 Å². The van der Waals surface area contributed by atoms with E-state index in [4.69, 9.17) is 4.74 Å². The van der Waals surface area contributed by atoms with Crippen molar-refractivity contribution in [1.82, 2.24) is 4.72 Å². The van der Waals surface area contributed by atoms with E-state index in [1.807, 2.05) is 59.7 Å². The highest BCUT2D eigenvalue weighted by molar-refractivity contribution is 7.98. The van der Waals surface area contributed by atoms with Crippen molar-refractivity contribution in [2.75, 3.05) is 11.6 Å². The van der Waals surface area contributed by atoms with Crippen LogP contribution in [0.2, 0.25) is 0 Å². The number of hydrogen-bond donors (Lipinski definition) is 3. The summed E-state index contributed by atoms with van der Waals surface area (Å²) in [7, 11) is -2.58. The zero-order valence-electron chi connectivity index (χ0n) is 23.4. The number of carbonyl (C=O) groups excluding carboxylic acids is 2. The van der Waals surface area contributed by atoms with Crippen LogP contribution in [0.4, 0.5) is 5.69 Å². The summed E-state index contributed by atoms with van der Waals surface area (Å²) in [5.74, 6) is 3.54. The molecule has 7 nitrogen and oxygen atoms in total. The second-order valence-corrected chi connectivity index (χ2v) is 10.4. The number of anilines is 1. The van der Waals surface area contributed by atoms with Gasteiger partial charge in [-0.15, -0.1) is 0 Å². The second-order valence-electron chi connectivity index (χ2n) is 8.19. The van der Waals surface area contributed by atoms with Crippen LogP contribution >= 0.6 is 0 Å². The lowest BCUT2D eigenvalue weighted by atomic mass is 10.0. The summed E-state index contributed by atoms with van der Waals surface area (Å²) in [4.78, 5) is 24.6. The molecule has 0 aliphatic carbocycles. The van der Waals surface area contributed by atoms with E-state index in [9.17, 15) is 18.9 Å². The van der Waals surface area contributed by atoms with Gasteiger partial charge in [0.05, 0.1) is 5.56 Å². The van der Waals surface area contributed by atoms with E-state index in [0.29, 0.717) is 23.6 Å². The predicted molar refractivity (Wildman–Crippen MR) is 159 cm³/mol. The zero-order valence-corrected chi connectivity index (χ0v) is 24.2. The van der Waals surface area contributed by atoms with Crippen LogP contribution in [0.15, 0.2) is 60.7 Å². The number of hydrogen-bond acceptors (Lipinski definition) is 5. The maximum atomic E-state index is 12.7. The average molecular weight is 541 g/mol. The Morgan fingerprint density at radius 1 is 0.947 bits per heavy atom. The highest BCUT2D eigenvalue weighted by atomic mass is 32.2. The highest BCUT2D eigenvalue weighted by Crippen LogP contribution is 2.32. The number of phenols is 1. The predicted octanol–water partition coefficient (Wildman–Crippen LogP) is 6.42. The average Bonchev–Trinajstić information content (AvgIpc) is 2.88. The molecule has 0 spiro atoms. The van der Waals surface area contributed by atoms with Gasteiger partial charge in [0.25, 0.3) is 5.91 Å². The van der Waals surface area contributed by atoms with Crippen molar-refractivity contribution in [2.24, 2.45) is 0 Å². The Morgan fingerprint density at radius 2 is 1.53 bits per heavy atom. The number of phenolic OH excluding ortho intramolecular Hbond substituents is 1. The van der Waals surface area contributed by atoms with Crippen molar-refractivity contribution in [1.29, 1.82) is 0 Å². The number of para-hydroxylation sites is 1. The van der Waals surface area contributed by atoms with Crippen molar-refractivity contribution in [3.63, 3.8) is 0 Å². The first-order chi connectivity index (χ1) is 18.0. The fourth-order valence-corrected chi connectivity index (χ4v) is 4.08. The van der Waals surface area contributed by atoms with Crippen LogP contribution in [0.25, 0.3) is 0 Å². The first kappa shape index (κ1) is 32.2. The topological polar surface area (TPSA) is 105 Å². The van der Waals surface area contributed by atoms with E-state index in [0.717, 1.165) is 16.7 Å². The largest absolute Gasteiger partial charge is 0.507 e. The minimum absolute atomic E-state index is 0.0946. The summed E-state index contributed by atoms with van der Waals surface area (Å²) < 4.78 is 20.1. The second kappa shape index (κ2) is 15.5. The molecule has 3 rings (SSSR count). The molecule has 0 saturated heterocycles. The molecule has 8 heteroatoms. The van der Waals surface area contributed by atoms with Crippen molar-refractivity contribution >= 4 is 33.1 Å². The molecule has 3 N–H and O–H groups in total. The Hall–Kier alpha value is -3.78. The third-order valence-electron chi connectivity index (χ3n) is 4.95. The Balaban J connectivity index is 0.00000172. The normalized spacial score (nSPS) is 11.4. The first-order valence-electron chi connectivity index (χ1n) is 12.6.